The molecule has 0 aliphatic carbocycles. The van der Waals surface area contributed by atoms with Gasteiger partial charge in [-0.2, -0.15) is 0 Å². The van der Waals surface area contributed by atoms with Crippen molar-refractivity contribution in [1.82, 2.24) is 0 Å². The molecule has 2 heterocycles. The van der Waals surface area contributed by atoms with Crippen molar-refractivity contribution in [1.29, 1.82) is 0 Å². The van der Waals surface area contributed by atoms with Gasteiger partial charge in [-0.1, -0.05) is 12.1 Å². The highest BCUT2D eigenvalue weighted by molar-refractivity contribution is 9.10. The van der Waals surface area contributed by atoms with Gasteiger partial charge in [0.1, 0.15) is 13.2 Å². The lowest BCUT2D eigenvalue weighted by molar-refractivity contribution is -0.122. The third-order valence-electron chi connectivity index (χ3n) is 5.25. The number of ether oxygens (including phenoxy) is 2. The Hall–Kier alpha value is -2.54. The summed E-state index contributed by atoms with van der Waals surface area (Å²) in [6, 6.07) is 9.41. The summed E-state index contributed by atoms with van der Waals surface area (Å²) in [6.45, 7) is 5.37. The number of nitrogens with zero attached hydrogens (tertiary/aromatic N) is 1. The van der Waals surface area contributed by atoms with Gasteiger partial charge in [-0.3, -0.25) is 9.59 Å². The number of fused-ring (bicyclic) bond motifs is 1. The highest BCUT2D eigenvalue weighted by Crippen LogP contribution is 2.38. The SMILES string of the molecule is Cc1cccc(N2CC(C(=O)Nc3cc4c(cc3Br)OCCO4)CC2=O)c1C. The van der Waals surface area contributed by atoms with Crippen molar-refractivity contribution < 1.29 is 19.1 Å². The smallest absolute Gasteiger partial charge is 0.229 e. The van der Waals surface area contributed by atoms with E-state index in [9.17, 15) is 9.59 Å². The second kappa shape index (κ2) is 7.47. The molecule has 1 saturated heterocycles. The fraction of sp³-hybridized carbons (Fsp3) is 0.333. The van der Waals surface area contributed by atoms with E-state index in [-0.39, 0.29) is 18.2 Å². The molecule has 1 unspecified atom stereocenters. The molecule has 2 amide bonds. The Morgan fingerprint density at radius 2 is 1.89 bits per heavy atom. The van der Waals surface area contributed by atoms with Crippen molar-refractivity contribution in [3.05, 3.63) is 45.9 Å². The minimum Gasteiger partial charge on any atom is -0.486 e. The average molecular weight is 445 g/mol. The van der Waals surface area contributed by atoms with Crippen LogP contribution in [0.4, 0.5) is 11.4 Å². The standard InChI is InChI=1S/C21H21BrN2O4/c1-12-4-3-5-17(13(12)2)24-11-14(8-20(24)25)21(26)23-16-10-19-18(9-15(16)22)27-6-7-28-19/h3-5,9-10,14H,6-8,11H2,1-2H3,(H,23,26). The summed E-state index contributed by atoms with van der Waals surface area (Å²) in [6.07, 6.45) is 0.196. The number of aryl methyl sites for hydroxylation is 1. The van der Waals surface area contributed by atoms with E-state index in [4.69, 9.17) is 9.47 Å². The van der Waals surface area contributed by atoms with Crippen LogP contribution in [0.25, 0.3) is 0 Å². The number of amides is 2. The largest absolute Gasteiger partial charge is 0.486 e. The Morgan fingerprint density at radius 3 is 2.64 bits per heavy atom. The Kier molecular flexibility index (Phi) is 5.02. The Bertz CT molecular complexity index is 960. The van der Waals surface area contributed by atoms with Crippen molar-refractivity contribution in [3.8, 4) is 11.5 Å². The quantitative estimate of drug-likeness (QED) is 0.780. The summed E-state index contributed by atoms with van der Waals surface area (Å²) in [7, 11) is 0. The molecule has 2 aromatic carbocycles. The normalized spacial score (nSPS) is 18.3. The van der Waals surface area contributed by atoms with Gasteiger partial charge in [0.05, 0.1) is 11.6 Å². The molecule has 7 heteroatoms. The molecule has 146 valence electrons. The molecule has 6 nitrogen and oxygen atoms in total. The van der Waals surface area contributed by atoms with Crippen molar-refractivity contribution in [2.24, 2.45) is 5.92 Å². The maximum atomic E-state index is 12.8. The molecular formula is C21H21BrN2O4. The van der Waals surface area contributed by atoms with Crippen molar-refractivity contribution >= 4 is 39.1 Å². The highest BCUT2D eigenvalue weighted by Gasteiger charge is 2.36. The third-order valence-corrected chi connectivity index (χ3v) is 5.91. The third kappa shape index (κ3) is 3.46. The van der Waals surface area contributed by atoms with Crippen LogP contribution in [-0.2, 0) is 9.59 Å². The lowest BCUT2D eigenvalue weighted by Gasteiger charge is -2.21. The molecule has 28 heavy (non-hydrogen) atoms. The second-order valence-electron chi connectivity index (χ2n) is 7.09. The van der Waals surface area contributed by atoms with Crippen LogP contribution >= 0.6 is 15.9 Å². The fourth-order valence-corrected chi connectivity index (χ4v) is 3.96. The van der Waals surface area contributed by atoms with E-state index in [1.165, 1.54) is 0 Å². The number of nitrogens with one attached hydrogen (secondary N) is 1. The van der Waals surface area contributed by atoms with Gasteiger partial charge < -0.3 is 19.7 Å². The molecule has 2 aliphatic heterocycles. The molecule has 0 bridgehead atoms. The van der Waals surface area contributed by atoms with Crippen molar-refractivity contribution in [2.45, 2.75) is 20.3 Å². The van der Waals surface area contributed by atoms with Gasteiger partial charge >= 0.3 is 0 Å². The van der Waals surface area contributed by atoms with Gasteiger partial charge in [-0.15, -0.1) is 0 Å². The molecule has 1 atom stereocenters. The van der Waals surface area contributed by atoms with Crippen LogP contribution < -0.4 is 19.7 Å². The predicted molar refractivity (Wildman–Crippen MR) is 110 cm³/mol. The van der Waals surface area contributed by atoms with E-state index in [1.807, 2.05) is 32.0 Å². The van der Waals surface area contributed by atoms with Crippen LogP contribution in [0.5, 0.6) is 11.5 Å². The number of halogens is 1. The van der Waals surface area contributed by atoms with E-state index < -0.39 is 5.92 Å². The minimum atomic E-state index is -0.410. The lowest BCUT2D eigenvalue weighted by atomic mass is 10.1. The molecule has 0 spiro atoms. The summed E-state index contributed by atoms with van der Waals surface area (Å²) < 4.78 is 11.8. The molecule has 4 rings (SSSR count). The number of hydrogen-bond donors (Lipinski definition) is 1. The zero-order chi connectivity index (χ0) is 19.8. The summed E-state index contributed by atoms with van der Waals surface area (Å²) >= 11 is 3.46. The number of anilines is 2. The van der Waals surface area contributed by atoms with Gasteiger partial charge in [0, 0.05) is 35.3 Å². The van der Waals surface area contributed by atoms with Crippen LogP contribution in [-0.4, -0.2) is 31.6 Å². The van der Waals surface area contributed by atoms with Crippen LogP contribution in [0, 0.1) is 19.8 Å². The van der Waals surface area contributed by atoms with Gasteiger partial charge in [0.2, 0.25) is 11.8 Å². The maximum Gasteiger partial charge on any atom is 0.229 e. The van der Waals surface area contributed by atoms with E-state index in [0.29, 0.717) is 41.4 Å². The monoisotopic (exact) mass is 444 g/mol. The van der Waals surface area contributed by atoms with E-state index in [0.717, 1.165) is 16.8 Å². The fourth-order valence-electron chi connectivity index (χ4n) is 3.54. The topological polar surface area (TPSA) is 67.9 Å². The Morgan fingerprint density at radius 1 is 1.18 bits per heavy atom. The van der Waals surface area contributed by atoms with E-state index >= 15 is 0 Å². The number of carbonyl (C=O) groups is 2. The lowest BCUT2D eigenvalue weighted by Crippen LogP contribution is -2.28. The Labute approximate surface area is 171 Å². The first-order valence-electron chi connectivity index (χ1n) is 9.20. The molecular weight excluding hydrogens is 424 g/mol. The summed E-state index contributed by atoms with van der Waals surface area (Å²) in [5.41, 5.74) is 3.66. The van der Waals surface area contributed by atoms with Crippen LogP contribution in [0.3, 0.4) is 0 Å². The summed E-state index contributed by atoms with van der Waals surface area (Å²) in [5.74, 6) is 0.624. The van der Waals surface area contributed by atoms with Crippen LogP contribution in [0.2, 0.25) is 0 Å². The van der Waals surface area contributed by atoms with E-state index in [2.05, 4.69) is 21.2 Å². The van der Waals surface area contributed by atoms with Crippen molar-refractivity contribution in [3.63, 3.8) is 0 Å². The number of benzene rings is 2. The first kappa shape index (κ1) is 18.8. The van der Waals surface area contributed by atoms with Crippen LogP contribution in [0.1, 0.15) is 17.5 Å². The second-order valence-corrected chi connectivity index (χ2v) is 7.94. The zero-order valence-electron chi connectivity index (χ0n) is 15.8. The van der Waals surface area contributed by atoms with Crippen molar-refractivity contribution in [2.75, 3.05) is 30.0 Å². The first-order valence-corrected chi connectivity index (χ1v) is 10.00. The highest BCUT2D eigenvalue weighted by atomic mass is 79.9. The van der Waals surface area contributed by atoms with Crippen LogP contribution in [0.15, 0.2) is 34.8 Å². The van der Waals surface area contributed by atoms with E-state index in [1.54, 1.807) is 17.0 Å². The summed E-state index contributed by atoms with van der Waals surface area (Å²) in [4.78, 5) is 27.1. The predicted octanol–water partition coefficient (Wildman–Crippen LogP) is 3.83. The van der Waals surface area contributed by atoms with Gasteiger partial charge in [-0.05, 0) is 47.0 Å². The number of carbonyl (C=O) groups excluding carboxylic acids is 2. The Balaban J connectivity index is 1.51. The minimum absolute atomic E-state index is 0.0323. The molecule has 2 aromatic rings. The summed E-state index contributed by atoms with van der Waals surface area (Å²) in [5, 5.41) is 2.92. The molecule has 1 N–H and O–H groups in total. The zero-order valence-corrected chi connectivity index (χ0v) is 17.3. The molecule has 0 radical (unpaired) electrons. The number of hydrogen-bond acceptors (Lipinski definition) is 4. The molecule has 1 fully saturated rings. The maximum absolute atomic E-state index is 12.8. The number of rotatable bonds is 3. The molecule has 0 aromatic heterocycles. The van der Waals surface area contributed by atoms with Gasteiger partial charge in [0.15, 0.2) is 11.5 Å². The van der Waals surface area contributed by atoms with Gasteiger partial charge in [0.25, 0.3) is 0 Å². The average Bonchev–Trinajstić information content (AvgIpc) is 3.06. The first-order chi connectivity index (χ1) is 13.4. The van der Waals surface area contributed by atoms with Gasteiger partial charge in [-0.25, -0.2) is 0 Å². The molecule has 0 saturated carbocycles. The molecule has 2 aliphatic rings.